The van der Waals surface area contributed by atoms with E-state index < -0.39 is 0 Å². The van der Waals surface area contributed by atoms with Gasteiger partial charge in [0.1, 0.15) is 11.4 Å². The van der Waals surface area contributed by atoms with Gasteiger partial charge in [-0.1, -0.05) is 29.8 Å². The van der Waals surface area contributed by atoms with Crippen molar-refractivity contribution in [2.75, 3.05) is 17.7 Å². The van der Waals surface area contributed by atoms with Gasteiger partial charge in [0.25, 0.3) is 5.91 Å². The van der Waals surface area contributed by atoms with Gasteiger partial charge in [0, 0.05) is 24.1 Å². The fourth-order valence-electron chi connectivity index (χ4n) is 2.44. The summed E-state index contributed by atoms with van der Waals surface area (Å²) in [6.07, 6.45) is 1.63. The van der Waals surface area contributed by atoms with Crippen LogP contribution in [0.4, 0.5) is 11.4 Å². The molecule has 0 fully saturated rings. The highest BCUT2D eigenvalue weighted by molar-refractivity contribution is 6.03. The van der Waals surface area contributed by atoms with Gasteiger partial charge in [-0.05, 0) is 48.9 Å². The number of nitrogens with zero attached hydrogens (tertiary/aromatic N) is 1. The van der Waals surface area contributed by atoms with Crippen LogP contribution in [0.2, 0.25) is 0 Å². The topological polar surface area (TPSA) is 63.2 Å². The van der Waals surface area contributed by atoms with Crippen molar-refractivity contribution in [1.29, 1.82) is 0 Å². The van der Waals surface area contributed by atoms with Crippen LogP contribution in [0, 0.1) is 6.92 Å². The standard InChI is InChI=1S/C21H21N3O2/c1-15-3-5-16(6-4-15)14-23-18-11-12-22-20(13-18)21(25)24-17-7-9-19(26-2)10-8-17/h3-13H,14H2,1-2H3,(H,22,23)(H,24,25). The molecule has 0 saturated carbocycles. The van der Waals surface area contributed by atoms with E-state index >= 15 is 0 Å². The van der Waals surface area contributed by atoms with Gasteiger partial charge in [0.05, 0.1) is 7.11 Å². The first-order valence-corrected chi connectivity index (χ1v) is 8.35. The molecule has 5 nitrogen and oxygen atoms in total. The first-order valence-electron chi connectivity index (χ1n) is 8.35. The van der Waals surface area contributed by atoms with Crippen LogP contribution in [-0.4, -0.2) is 18.0 Å². The molecule has 1 aromatic heterocycles. The molecular weight excluding hydrogens is 326 g/mol. The zero-order chi connectivity index (χ0) is 18.4. The molecule has 0 unspecified atom stereocenters. The molecule has 0 aliphatic heterocycles. The lowest BCUT2D eigenvalue weighted by molar-refractivity contribution is 0.102. The number of carbonyl (C=O) groups is 1. The van der Waals surface area contributed by atoms with Crippen molar-refractivity contribution < 1.29 is 9.53 Å². The largest absolute Gasteiger partial charge is 0.497 e. The highest BCUT2D eigenvalue weighted by atomic mass is 16.5. The SMILES string of the molecule is COc1ccc(NC(=O)c2cc(NCc3ccc(C)cc3)ccn2)cc1. The number of amides is 1. The Morgan fingerprint density at radius 1 is 1.00 bits per heavy atom. The number of aromatic nitrogens is 1. The van der Waals surface area contributed by atoms with E-state index in [0.717, 1.165) is 11.4 Å². The Balaban J connectivity index is 1.63. The van der Waals surface area contributed by atoms with Crippen molar-refractivity contribution in [1.82, 2.24) is 4.98 Å². The molecule has 0 spiro atoms. The minimum Gasteiger partial charge on any atom is -0.497 e. The number of benzene rings is 2. The molecule has 0 radical (unpaired) electrons. The first kappa shape index (κ1) is 17.5. The summed E-state index contributed by atoms with van der Waals surface area (Å²) in [7, 11) is 1.60. The van der Waals surface area contributed by atoms with Gasteiger partial charge in [-0.25, -0.2) is 0 Å². The third-order valence-electron chi connectivity index (χ3n) is 3.96. The highest BCUT2D eigenvalue weighted by Crippen LogP contribution is 2.16. The number of rotatable bonds is 6. The van der Waals surface area contributed by atoms with Crippen LogP contribution in [0.3, 0.4) is 0 Å². The van der Waals surface area contributed by atoms with E-state index in [1.54, 1.807) is 43.6 Å². The summed E-state index contributed by atoms with van der Waals surface area (Å²) in [5.74, 6) is 0.484. The molecule has 5 heteroatoms. The molecule has 0 bridgehead atoms. The molecule has 3 rings (SSSR count). The van der Waals surface area contributed by atoms with Gasteiger partial charge in [-0.3, -0.25) is 9.78 Å². The minimum absolute atomic E-state index is 0.255. The van der Waals surface area contributed by atoms with Crippen molar-refractivity contribution in [3.63, 3.8) is 0 Å². The summed E-state index contributed by atoms with van der Waals surface area (Å²) < 4.78 is 5.11. The van der Waals surface area contributed by atoms with Crippen molar-refractivity contribution in [3.05, 3.63) is 83.7 Å². The van der Waals surface area contributed by atoms with Crippen LogP contribution >= 0.6 is 0 Å². The molecule has 1 amide bonds. The molecule has 0 aliphatic rings. The maximum atomic E-state index is 12.4. The van der Waals surface area contributed by atoms with Crippen molar-refractivity contribution in [3.8, 4) is 5.75 Å². The van der Waals surface area contributed by atoms with Crippen molar-refractivity contribution >= 4 is 17.3 Å². The Bertz CT molecular complexity index is 875. The fraction of sp³-hybridized carbons (Fsp3) is 0.143. The van der Waals surface area contributed by atoms with Crippen LogP contribution < -0.4 is 15.4 Å². The van der Waals surface area contributed by atoms with Gasteiger partial charge in [0.2, 0.25) is 0 Å². The summed E-state index contributed by atoms with van der Waals surface area (Å²) in [4.78, 5) is 16.6. The van der Waals surface area contributed by atoms with E-state index in [1.807, 2.05) is 6.07 Å². The molecule has 2 N–H and O–H groups in total. The monoisotopic (exact) mass is 347 g/mol. The lowest BCUT2D eigenvalue weighted by Crippen LogP contribution is -2.14. The molecule has 26 heavy (non-hydrogen) atoms. The lowest BCUT2D eigenvalue weighted by atomic mass is 10.1. The summed E-state index contributed by atoms with van der Waals surface area (Å²) in [6, 6.07) is 19.1. The zero-order valence-electron chi connectivity index (χ0n) is 14.8. The van der Waals surface area contributed by atoms with Gasteiger partial charge >= 0.3 is 0 Å². The molecule has 3 aromatic rings. The smallest absolute Gasteiger partial charge is 0.274 e. The van der Waals surface area contributed by atoms with Crippen LogP contribution in [0.15, 0.2) is 66.9 Å². The second-order valence-electron chi connectivity index (χ2n) is 5.95. The molecule has 0 aliphatic carbocycles. The fourth-order valence-corrected chi connectivity index (χ4v) is 2.44. The van der Waals surface area contributed by atoms with E-state index in [0.29, 0.717) is 17.9 Å². The van der Waals surface area contributed by atoms with E-state index in [9.17, 15) is 4.79 Å². The molecule has 0 saturated heterocycles. The summed E-state index contributed by atoms with van der Waals surface area (Å²) in [5.41, 5.74) is 4.30. The number of anilines is 2. The maximum absolute atomic E-state index is 12.4. The van der Waals surface area contributed by atoms with Crippen LogP contribution in [0.1, 0.15) is 21.6 Å². The van der Waals surface area contributed by atoms with E-state index in [-0.39, 0.29) is 5.91 Å². The number of methoxy groups -OCH3 is 1. The zero-order valence-corrected chi connectivity index (χ0v) is 14.8. The number of hydrogen-bond donors (Lipinski definition) is 2. The molecule has 0 atom stereocenters. The Morgan fingerprint density at radius 3 is 2.42 bits per heavy atom. The second kappa shape index (κ2) is 8.16. The number of carbonyl (C=O) groups excluding carboxylic acids is 1. The number of hydrogen-bond acceptors (Lipinski definition) is 4. The quantitative estimate of drug-likeness (QED) is 0.699. The molecule has 1 heterocycles. The normalized spacial score (nSPS) is 10.2. The Morgan fingerprint density at radius 2 is 1.73 bits per heavy atom. The summed E-state index contributed by atoms with van der Waals surface area (Å²) in [5, 5.41) is 6.15. The number of pyridine rings is 1. The minimum atomic E-state index is -0.255. The van der Waals surface area contributed by atoms with Crippen LogP contribution in [0.25, 0.3) is 0 Å². The summed E-state index contributed by atoms with van der Waals surface area (Å²) in [6.45, 7) is 2.75. The molecule has 2 aromatic carbocycles. The van der Waals surface area contributed by atoms with Crippen molar-refractivity contribution in [2.24, 2.45) is 0 Å². The van der Waals surface area contributed by atoms with Crippen LogP contribution in [-0.2, 0) is 6.54 Å². The third kappa shape index (κ3) is 4.60. The van der Waals surface area contributed by atoms with Crippen LogP contribution in [0.5, 0.6) is 5.75 Å². The average Bonchev–Trinajstić information content (AvgIpc) is 2.68. The van der Waals surface area contributed by atoms with E-state index in [1.165, 1.54) is 11.1 Å². The maximum Gasteiger partial charge on any atom is 0.274 e. The Hall–Kier alpha value is -3.34. The number of nitrogens with one attached hydrogen (secondary N) is 2. The predicted octanol–water partition coefficient (Wildman–Crippen LogP) is 4.26. The Labute approximate surface area is 153 Å². The van der Waals surface area contributed by atoms with Gasteiger partial charge in [-0.2, -0.15) is 0 Å². The van der Waals surface area contributed by atoms with Gasteiger partial charge in [0.15, 0.2) is 0 Å². The average molecular weight is 347 g/mol. The van der Waals surface area contributed by atoms with E-state index in [2.05, 4.69) is 46.8 Å². The highest BCUT2D eigenvalue weighted by Gasteiger charge is 2.08. The number of aryl methyl sites for hydroxylation is 1. The van der Waals surface area contributed by atoms with E-state index in [4.69, 9.17) is 4.74 Å². The second-order valence-corrected chi connectivity index (χ2v) is 5.95. The summed E-state index contributed by atoms with van der Waals surface area (Å²) >= 11 is 0. The lowest BCUT2D eigenvalue weighted by Gasteiger charge is -2.09. The third-order valence-corrected chi connectivity index (χ3v) is 3.96. The Kier molecular flexibility index (Phi) is 5.49. The van der Waals surface area contributed by atoms with Gasteiger partial charge < -0.3 is 15.4 Å². The first-order chi connectivity index (χ1) is 12.6. The predicted molar refractivity (Wildman–Crippen MR) is 104 cm³/mol. The number of ether oxygens (including phenoxy) is 1. The van der Waals surface area contributed by atoms with Gasteiger partial charge in [-0.15, -0.1) is 0 Å². The molecule has 132 valence electrons. The molecular formula is C21H21N3O2. The van der Waals surface area contributed by atoms with Crippen molar-refractivity contribution in [2.45, 2.75) is 13.5 Å².